The number of nitrogens with one attached hydrogen (secondary N) is 3. The second-order valence-corrected chi connectivity index (χ2v) is 10.5. The second kappa shape index (κ2) is 7.49. The fourth-order valence-corrected chi connectivity index (χ4v) is 6.39. The van der Waals surface area contributed by atoms with Crippen LogP contribution in [0.3, 0.4) is 0 Å². The molecule has 3 atom stereocenters. The standard InChI is InChI=1S/C20H22F2N4O4S/c1-19(11-31(28,29)20(18(23)26-19)6-7-30-10-20)14-8-13(3-4-15(14)22)25-17(27)16-5-2-12(21)9-24-16/h3-5,8-9,12H,2,6-7,10-11H2,1H3,(H2,23,26)(H,25,27)/t12?,19-,20+/m0/s1. The minimum absolute atomic E-state index is 0.00247. The summed E-state index contributed by atoms with van der Waals surface area (Å²) in [6.45, 7) is 1.63. The number of nitrogens with zero attached hydrogens (tertiary/aromatic N) is 1. The number of ether oxygens (including phenoxy) is 1. The zero-order chi connectivity index (χ0) is 22.4. The maximum atomic E-state index is 14.8. The fourth-order valence-electron chi connectivity index (χ4n) is 4.10. The van der Waals surface area contributed by atoms with Crippen molar-refractivity contribution in [1.82, 2.24) is 5.32 Å². The molecular weight excluding hydrogens is 430 g/mol. The number of halogens is 2. The smallest absolute Gasteiger partial charge is 0.273 e. The molecule has 11 heteroatoms. The van der Waals surface area contributed by atoms with Gasteiger partial charge in [0.15, 0.2) is 14.6 Å². The fraction of sp³-hybridized carbons (Fsp3) is 0.450. The summed E-state index contributed by atoms with van der Waals surface area (Å²) in [6, 6.07) is 3.78. The number of anilines is 1. The average molecular weight is 452 g/mol. The van der Waals surface area contributed by atoms with Gasteiger partial charge in [-0.15, -0.1) is 0 Å². The van der Waals surface area contributed by atoms with E-state index in [0.717, 1.165) is 12.3 Å². The maximum absolute atomic E-state index is 14.8. The Kier molecular flexibility index (Phi) is 5.21. The van der Waals surface area contributed by atoms with Crippen molar-refractivity contribution in [3.8, 4) is 0 Å². The normalized spacial score (nSPS) is 31.9. The molecule has 0 bridgehead atoms. The number of alkyl halides is 1. The molecule has 2 saturated heterocycles. The Morgan fingerprint density at radius 3 is 2.81 bits per heavy atom. The predicted octanol–water partition coefficient (Wildman–Crippen LogP) is 1.83. The van der Waals surface area contributed by atoms with Crippen molar-refractivity contribution in [2.45, 2.75) is 36.2 Å². The van der Waals surface area contributed by atoms with E-state index in [-0.39, 0.29) is 48.8 Å². The summed E-state index contributed by atoms with van der Waals surface area (Å²) < 4.78 is 57.9. The Hall–Kier alpha value is -2.66. The molecule has 1 aromatic rings. The number of amidine groups is 1. The number of benzene rings is 1. The number of aliphatic imine (C=N–C) groups is 1. The molecule has 1 unspecified atom stereocenters. The van der Waals surface area contributed by atoms with Crippen molar-refractivity contribution in [2.75, 3.05) is 24.3 Å². The van der Waals surface area contributed by atoms with E-state index in [4.69, 9.17) is 10.1 Å². The van der Waals surface area contributed by atoms with E-state index in [1.165, 1.54) is 25.1 Å². The first-order valence-corrected chi connectivity index (χ1v) is 11.4. The first-order chi connectivity index (χ1) is 14.6. The van der Waals surface area contributed by atoms with Gasteiger partial charge >= 0.3 is 0 Å². The molecule has 3 N–H and O–H groups in total. The number of hydrogen-bond acceptors (Lipinski definition) is 6. The van der Waals surface area contributed by atoms with E-state index in [9.17, 15) is 22.0 Å². The van der Waals surface area contributed by atoms with Gasteiger partial charge in [-0.25, -0.2) is 17.2 Å². The molecule has 3 aliphatic heterocycles. The molecule has 2 fully saturated rings. The monoisotopic (exact) mass is 452 g/mol. The first-order valence-electron chi connectivity index (χ1n) is 9.73. The molecule has 3 aliphatic rings. The van der Waals surface area contributed by atoms with Crippen molar-refractivity contribution in [3.63, 3.8) is 0 Å². The highest BCUT2D eigenvalue weighted by molar-refractivity contribution is 7.93. The van der Waals surface area contributed by atoms with Crippen LogP contribution < -0.4 is 10.6 Å². The van der Waals surface area contributed by atoms with Crippen LogP contribution in [0.1, 0.15) is 25.3 Å². The Balaban J connectivity index is 1.62. The number of amides is 1. The van der Waals surface area contributed by atoms with Crippen molar-refractivity contribution < 1.29 is 26.7 Å². The minimum atomic E-state index is -3.83. The minimum Gasteiger partial charge on any atom is -0.379 e. The quantitative estimate of drug-likeness (QED) is 0.646. The lowest BCUT2D eigenvalue weighted by molar-refractivity contribution is -0.112. The Bertz CT molecular complexity index is 1110. The molecule has 31 heavy (non-hydrogen) atoms. The highest BCUT2D eigenvalue weighted by Crippen LogP contribution is 2.40. The van der Waals surface area contributed by atoms with Gasteiger partial charge in [0, 0.05) is 30.5 Å². The molecule has 4 rings (SSSR count). The Labute approximate surface area is 178 Å². The molecule has 8 nitrogen and oxygen atoms in total. The van der Waals surface area contributed by atoms with Crippen LogP contribution in [0.4, 0.5) is 14.5 Å². The van der Waals surface area contributed by atoms with E-state index < -0.39 is 43.8 Å². The highest BCUT2D eigenvalue weighted by Gasteiger charge is 2.58. The molecule has 3 heterocycles. The SMILES string of the molecule is C[C@@]1(c2cc(NC(=O)C3=CCC(F)C=N3)ccc2F)CS(=O)(=O)[C@@]2(CCOC2)C(=N)N1. The molecule has 166 valence electrons. The molecule has 0 saturated carbocycles. The Morgan fingerprint density at radius 1 is 1.42 bits per heavy atom. The second-order valence-electron chi connectivity index (χ2n) is 8.16. The largest absolute Gasteiger partial charge is 0.379 e. The number of allylic oxidation sites excluding steroid dienone is 1. The number of hydrogen-bond donors (Lipinski definition) is 3. The van der Waals surface area contributed by atoms with Crippen LogP contribution in [0, 0.1) is 11.2 Å². The van der Waals surface area contributed by atoms with Crippen molar-refractivity contribution >= 4 is 33.5 Å². The maximum Gasteiger partial charge on any atom is 0.273 e. The number of sulfone groups is 1. The zero-order valence-electron chi connectivity index (χ0n) is 16.7. The van der Waals surface area contributed by atoms with Gasteiger partial charge in [0.1, 0.15) is 23.5 Å². The van der Waals surface area contributed by atoms with E-state index in [0.29, 0.717) is 0 Å². The van der Waals surface area contributed by atoms with E-state index in [2.05, 4.69) is 15.6 Å². The van der Waals surface area contributed by atoms with E-state index in [1.54, 1.807) is 0 Å². The third kappa shape index (κ3) is 3.65. The molecule has 0 radical (unpaired) electrons. The van der Waals surface area contributed by atoms with Gasteiger partial charge in [0.2, 0.25) is 0 Å². The van der Waals surface area contributed by atoms with Gasteiger partial charge in [-0.05, 0) is 37.6 Å². The number of carbonyl (C=O) groups is 1. The predicted molar refractivity (Wildman–Crippen MR) is 111 cm³/mol. The molecule has 0 aromatic heterocycles. The van der Waals surface area contributed by atoms with Gasteiger partial charge in [-0.3, -0.25) is 15.2 Å². The van der Waals surface area contributed by atoms with Crippen LogP contribution in [-0.2, 0) is 24.9 Å². The van der Waals surface area contributed by atoms with Crippen LogP contribution in [0.5, 0.6) is 0 Å². The lowest BCUT2D eigenvalue weighted by Crippen LogP contribution is -2.66. The molecule has 0 aliphatic carbocycles. The van der Waals surface area contributed by atoms with Crippen LogP contribution in [-0.4, -0.2) is 56.3 Å². The highest BCUT2D eigenvalue weighted by atomic mass is 32.2. The summed E-state index contributed by atoms with van der Waals surface area (Å²) >= 11 is 0. The van der Waals surface area contributed by atoms with Crippen molar-refractivity contribution in [1.29, 1.82) is 5.41 Å². The zero-order valence-corrected chi connectivity index (χ0v) is 17.6. The summed E-state index contributed by atoms with van der Waals surface area (Å²) in [6.07, 6.45) is 1.37. The topological polar surface area (TPSA) is 121 Å². The van der Waals surface area contributed by atoms with E-state index in [1.807, 2.05) is 0 Å². The summed E-state index contributed by atoms with van der Waals surface area (Å²) in [4.78, 5) is 16.1. The van der Waals surface area contributed by atoms with Crippen molar-refractivity contribution in [2.24, 2.45) is 4.99 Å². The Morgan fingerprint density at radius 2 is 2.19 bits per heavy atom. The average Bonchev–Trinajstić information content (AvgIpc) is 3.20. The summed E-state index contributed by atoms with van der Waals surface area (Å²) in [7, 11) is -3.83. The van der Waals surface area contributed by atoms with Crippen LogP contribution in [0.15, 0.2) is 35.0 Å². The van der Waals surface area contributed by atoms with Crippen LogP contribution in [0.25, 0.3) is 0 Å². The molecule has 1 aromatic carbocycles. The summed E-state index contributed by atoms with van der Waals surface area (Å²) in [5.74, 6) is -1.93. The lowest BCUT2D eigenvalue weighted by atomic mass is 9.90. The molecule has 1 amide bonds. The number of rotatable bonds is 3. The van der Waals surface area contributed by atoms with Gasteiger partial charge in [-0.2, -0.15) is 0 Å². The lowest BCUT2D eigenvalue weighted by Gasteiger charge is -2.44. The van der Waals surface area contributed by atoms with Gasteiger partial charge < -0.3 is 15.4 Å². The summed E-state index contributed by atoms with van der Waals surface area (Å²) in [5.41, 5.74) is -1.17. The molecular formula is C20H22F2N4O4S. The van der Waals surface area contributed by atoms with Gasteiger partial charge in [0.25, 0.3) is 5.91 Å². The van der Waals surface area contributed by atoms with E-state index >= 15 is 0 Å². The summed E-state index contributed by atoms with van der Waals surface area (Å²) in [5, 5.41) is 13.8. The van der Waals surface area contributed by atoms with Gasteiger partial charge in [0.05, 0.1) is 17.9 Å². The molecule has 1 spiro atoms. The van der Waals surface area contributed by atoms with Gasteiger partial charge in [-0.1, -0.05) is 0 Å². The third-order valence-corrected chi connectivity index (χ3v) is 8.55. The first kappa shape index (κ1) is 21.6. The van der Waals surface area contributed by atoms with Crippen LogP contribution in [0.2, 0.25) is 0 Å². The number of carbonyl (C=O) groups excluding carboxylic acids is 1. The van der Waals surface area contributed by atoms with Crippen molar-refractivity contribution in [3.05, 3.63) is 41.4 Å². The van der Waals surface area contributed by atoms with Crippen LogP contribution >= 0.6 is 0 Å². The third-order valence-electron chi connectivity index (χ3n) is 5.88.